The van der Waals surface area contributed by atoms with Crippen LogP contribution in [0.1, 0.15) is 28.7 Å². The molecule has 1 unspecified atom stereocenters. The van der Waals surface area contributed by atoms with Gasteiger partial charge in [0.05, 0.1) is 16.6 Å². The molecule has 1 aliphatic rings. The molecule has 0 bridgehead atoms. The van der Waals surface area contributed by atoms with Gasteiger partial charge in [0.1, 0.15) is 0 Å². The summed E-state index contributed by atoms with van der Waals surface area (Å²) >= 11 is 6.28. The van der Waals surface area contributed by atoms with Crippen molar-refractivity contribution in [2.75, 3.05) is 16.8 Å². The van der Waals surface area contributed by atoms with Gasteiger partial charge in [0, 0.05) is 18.7 Å². The van der Waals surface area contributed by atoms with E-state index in [4.69, 9.17) is 11.6 Å². The monoisotopic (exact) mass is 370 g/mol. The topological polar surface area (TPSA) is 49.4 Å². The van der Waals surface area contributed by atoms with Gasteiger partial charge in [-0.3, -0.25) is 9.59 Å². The number of aryl methyl sites for hydroxylation is 4. The number of amides is 2. The van der Waals surface area contributed by atoms with Crippen LogP contribution in [0.2, 0.25) is 5.02 Å². The maximum atomic E-state index is 12.7. The molecule has 1 atom stereocenters. The molecule has 2 aromatic carbocycles. The number of benzene rings is 2. The summed E-state index contributed by atoms with van der Waals surface area (Å²) in [6.07, 6.45) is 0.210. The van der Waals surface area contributed by atoms with E-state index in [2.05, 4.69) is 5.32 Å². The van der Waals surface area contributed by atoms with E-state index < -0.39 is 0 Å². The van der Waals surface area contributed by atoms with Crippen LogP contribution in [0.3, 0.4) is 0 Å². The fourth-order valence-electron chi connectivity index (χ4n) is 3.43. The fraction of sp³-hybridized carbons (Fsp3) is 0.333. The van der Waals surface area contributed by atoms with Gasteiger partial charge in [-0.1, -0.05) is 29.8 Å². The lowest BCUT2D eigenvalue weighted by Gasteiger charge is -2.20. The molecule has 0 aliphatic carbocycles. The Morgan fingerprint density at radius 1 is 1.08 bits per heavy atom. The molecule has 4 nitrogen and oxygen atoms in total. The lowest BCUT2D eigenvalue weighted by Crippen LogP contribution is -2.28. The van der Waals surface area contributed by atoms with Crippen molar-refractivity contribution in [2.45, 2.75) is 34.1 Å². The van der Waals surface area contributed by atoms with E-state index in [1.807, 2.05) is 58.0 Å². The first kappa shape index (κ1) is 18.5. The van der Waals surface area contributed by atoms with Crippen LogP contribution in [-0.2, 0) is 9.59 Å². The molecular formula is C21H23ClN2O2. The molecule has 1 saturated heterocycles. The third-order valence-corrected chi connectivity index (χ3v) is 5.13. The summed E-state index contributed by atoms with van der Waals surface area (Å²) in [5, 5.41) is 3.44. The normalized spacial score (nSPS) is 16.9. The van der Waals surface area contributed by atoms with Crippen LogP contribution in [0.15, 0.2) is 30.3 Å². The fourth-order valence-corrected chi connectivity index (χ4v) is 3.79. The molecular weight excluding hydrogens is 348 g/mol. The summed E-state index contributed by atoms with van der Waals surface area (Å²) in [5.41, 5.74) is 5.59. The van der Waals surface area contributed by atoms with Crippen molar-refractivity contribution in [3.05, 3.63) is 57.6 Å². The molecule has 5 heteroatoms. The van der Waals surface area contributed by atoms with Gasteiger partial charge in [-0.25, -0.2) is 0 Å². The number of anilines is 2. The number of carbonyl (C=O) groups is 2. The predicted octanol–water partition coefficient (Wildman–Crippen LogP) is 4.57. The van der Waals surface area contributed by atoms with Crippen LogP contribution in [0.5, 0.6) is 0 Å². The van der Waals surface area contributed by atoms with Crippen molar-refractivity contribution >= 4 is 34.8 Å². The zero-order valence-electron chi connectivity index (χ0n) is 15.5. The van der Waals surface area contributed by atoms with Gasteiger partial charge < -0.3 is 10.2 Å². The van der Waals surface area contributed by atoms with Crippen molar-refractivity contribution in [2.24, 2.45) is 5.92 Å². The Morgan fingerprint density at radius 2 is 1.81 bits per heavy atom. The molecule has 3 rings (SSSR count). The van der Waals surface area contributed by atoms with Gasteiger partial charge in [0.15, 0.2) is 0 Å². The first-order chi connectivity index (χ1) is 12.3. The van der Waals surface area contributed by atoms with Crippen molar-refractivity contribution in [3.8, 4) is 0 Å². The second-order valence-electron chi connectivity index (χ2n) is 7.12. The van der Waals surface area contributed by atoms with Gasteiger partial charge >= 0.3 is 0 Å². The molecule has 1 heterocycles. The van der Waals surface area contributed by atoms with E-state index in [-0.39, 0.29) is 24.2 Å². The third-order valence-electron chi connectivity index (χ3n) is 4.83. The smallest absolute Gasteiger partial charge is 0.229 e. The highest BCUT2D eigenvalue weighted by Gasteiger charge is 2.36. The van der Waals surface area contributed by atoms with Crippen LogP contribution in [0.25, 0.3) is 0 Å². The average molecular weight is 371 g/mol. The average Bonchev–Trinajstić information content (AvgIpc) is 2.95. The minimum atomic E-state index is -0.390. The zero-order valence-corrected chi connectivity index (χ0v) is 16.3. The molecule has 1 N–H and O–H groups in total. The summed E-state index contributed by atoms with van der Waals surface area (Å²) in [6, 6.07) is 9.82. The number of nitrogens with zero attached hydrogens (tertiary/aromatic N) is 1. The van der Waals surface area contributed by atoms with Gasteiger partial charge in [0.25, 0.3) is 0 Å². The van der Waals surface area contributed by atoms with Crippen LogP contribution in [0.4, 0.5) is 11.4 Å². The number of halogens is 1. The second kappa shape index (κ2) is 7.12. The molecule has 0 spiro atoms. The number of nitrogens with one attached hydrogen (secondary N) is 1. The van der Waals surface area contributed by atoms with E-state index in [1.54, 1.807) is 4.90 Å². The summed E-state index contributed by atoms with van der Waals surface area (Å²) in [4.78, 5) is 27.0. The highest BCUT2D eigenvalue weighted by Crippen LogP contribution is 2.31. The highest BCUT2D eigenvalue weighted by molar-refractivity contribution is 6.34. The van der Waals surface area contributed by atoms with Gasteiger partial charge in [-0.2, -0.15) is 0 Å². The van der Waals surface area contributed by atoms with Gasteiger partial charge in [0.2, 0.25) is 11.8 Å². The largest absolute Gasteiger partial charge is 0.324 e. The lowest BCUT2D eigenvalue weighted by atomic mass is 10.1. The Bertz CT molecular complexity index is 869. The van der Waals surface area contributed by atoms with Crippen LogP contribution in [0, 0.1) is 33.6 Å². The van der Waals surface area contributed by atoms with Crippen LogP contribution < -0.4 is 10.2 Å². The molecule has 136 valence electrons. The minimum absolute atomic E-state index is 0.0226. The molecule has 0 saturated carbocycles. The van der Waals surface area contributed by atoms with E-state index in [9.17, 15) is 9.59 Å². The Labute approximate surface area is 159 Å². The van der Waals surface area contributed by atoms with Gasteiger partial charge in [-0.15, -0.1) is 0 Å². The first-order valence-electron chi connectivity index (χ1n) is 8.71. The molecule has 2 aromatic rings. The number of carbonyl (C=O) groups excluding carboxylic acids is 2. The highest BCUT2D eigenvalue weighted by atomic mass is 35.5. The van der Waals surface area contributed by atoms with Crippen molar-refractivity contribution in [1.82, 2.24) is 0 Å². The predicted molar refractivity (Wildman–Crippen MR) is 106 cm³/mol. The minimum Gasteiger partial charge on any atom is -0.324 e. The SMILES string of the molecule is Cc1cc(C)c(NC(=O)C2CC(=O)N(c3cc(C)ccc3C)C2)c(Cl)c1. The number of hydrogen-bond acceptors (Lipinski definition) is 2. The van der Waals surface area contributed by atoms with Crippen LogP contribution >= 0.6 is 11.6 Å². The number of rotatable bonds is 3. The Morgan fingerprint density at radius 3 is 2.50 bits per heavy atom. The Kier molecular flexibility index (Phi) is 5.05. The molecule has 26 heavy (non-hydrogen) atoms. The second-order valence-corrected chi connectivity index (χ2v) is 7.53. The molecule has 2 amide bonds. The van der Waals surface area contributed by atoms with Crippen LogP contribution in [-0.4, -0.2) is 18.4 Å². The summed E-state index contributed by atoms with van der Waals surface area (Å²) in [6.45, 7) is 8.23. The molecule has 0 radical (unpaired) electrons. The third kappa shape index (κ3) is 3.61. The summed E-state index contributed by atoms with van der Waals surface area (Å²) < 4.78 is 0. The molecule has 0 aromatic heterocycles. The molecule has 1 aliphatic heterocycles. The van der Waals surface area contributed by atoms with Gasteiger partial charge in [-0.05, 0) is 62.1 Å². The Hall–Kier alpha value is -2.33. The van der Waals surface area contributed by atoms with E-state index in [1.165, 1.54) is 0 Å². The number of hydrogen-bond donors (Lipinski definition) is 1. The summed E-state index contributed by atoms with van der Waals surface area (Å²) in [5.74, 6) is -0.579. The van der Waals surface area contributed by atoms with Crippen molar-refractivity contribution in [3.63, 3.8) is 0 Å². The van der Waals surface area contributed by atoms with Crippen molar-refractivity contribution < 1.29 is 9.59 Å². The standard InChI is InChI=1S/C21H23ClN2O2/c1-12-5-6-14(3)18(9-12)24-11-16(10-19(24)25)21(26)23-20-15(4)7-13(2)8-17(20)22/h5-9,16H,10-11H2,1-4H3,(H,23,26). The maximum Gasteiger partial charge on any atom is 0.229 e. The lowest BCUT2D eigenvalue weighted by molar-refractivity contribution is -0.122. The van der Waals surface area contributed by atoms with E-state index in [0.717, 1.165) is 27.9 Å². The van der Waals surface area contributed by atoms with E-state index >= 15 is 0 Å². The summed E-state index contributed by atoms with van der Waals surface area (Å²) in [7, 11) is 0. The molecule has 1 fully saturated rings. The first-order valence-corrected chi connectivity index (χ1v) is 9.09. The Balaban J connectivity index is 1.78. The van der Waals surface area contributed by atoms with Crippen molar-refractivity contribution in [1.29, 1.82) is 0 Å². The zero-order chi connectivity index (χ0) is 19.0. The quantitative estimate of drug-likeness (QED) is 0.860. The van der Waals surface area contributed by atoms with E-state index in [0.29, 0.717) is 17.3 Å². The maximum absolute atomic E-state index is 12.7.